The smallest absolute Gasteiger partial charge is 0.229 e. The van der Waals surface area contributed by atoms with Gasteiger partial charge in [0.1, 0.15) is 0 Å². The third-order valence-corrected chi connectivity index (χ3v) is 2.94. The molecule has 2 aliphatic rings. The maximum Gasteiger partial charge on any atom is 0.229 e. The molecule has 12 heavy (non-hydrogen) atoms. The van der Waals surface area contributed by atoms with Crippen molar-refractivity contribution in [2.24, 2.45) is 5.41 Å². The summed E-state index contributed by atoms with van der Waals surface area (Å²) in [5.41, 5.74) is -0.134. The summed E-state index contributed by atoms with van der Waals surface area (Å²) in [5, 5.41) is 0. The van der Waals surface area contributed by atoms with Crippen molar-refractivity contribution in [2.45, 2.75) is 25.7 Å². The number of carbonyl (C=O) groups excluding carboxylic acids is 1. The highest BCUT2D eigenvalue weighted by Gasteiger charge is 2.47. The zero-order chi connectivity index (χ0) is 8.60. The molecule has 2 fully saturated rings. The van der Waals surface area contributed by atoms with Gasteiger partial charge in [0.05, 0.1) is 5.41 Å². The highest BCUT2D eigenvalue weighted by atomic mass is 16.2. The quantitative estimate of drug-likeness (QED) is 0.439. The molecule has 0 radical (unpaired) electrons. The van der Waals surface area contributed by atoms with Crippen LogP contribution in [0, 0.1) is 17.8 Å². The molecule has 1 saturated heterocycles. The van der Waals surface area contributed by atoms with E-state index in [9.17, 15) is 4.79 Å². The number of nitrogens with zero attached hydrogens (tertiary/aromatic N) is 1. The minimum atomic E-state index is -0.134. The summed E-state index contributed by atoms with van der Waals surface area (Å²) in [7, 11) is 0. The molecular formula is C10H13NO. The van der Waals surface area contributed by atoms with Crippen molar-refractivity contribution in [3.8, 4) is 12.3 Å². The van der Waals surface area contributed by atoms with Crippen LogP contribution in [0.1, 0.15) is 25.7 Å². The van der Waals surface area contributed by atoms with Gasteiger partial charge in [-0.1, -0.05) is 6.42 Å². The van der Waals surface area contributed by atoms with Crippen LogP contribution in [0.3, 0.4) is 0 Å². The number of terminal acetylenes is 1. The van der Waals surface area contributed by atoms with Crippen molar-refractivity contribution in [1.82, 2.24) is 4.90 Å². The van der Waals surface area contributed by atoms with Gasteiger partial charge in [-0.25, -0.2) is 0 Å². The average Bonchev–Trinajstić information content (AvgIpc) is 2.77. The van der Waals surface area contributed by atoms with Crippen LogP contribution in [0.2, 0.25) is 0 Å². The monoisotopic (exact) mass is 163 g/mol. The molecule has 2 heteroatoms. The van der Waals surface area contributed by atoms with E-state index in [2.05, 4.69) is 5.92 Å². The molecule has 1 aliphatic heterocycles. The predicted molar refractivity (Wildman–Crippen MR) is 46.3 cm³/mol. The highest BCUT2D eigenvalue weighted by molar-refractivity contribution is 5.85. The van der Waals surface area contributed by atoms with Gasteiger partial charge in [-0.15, -0.1) is 12.3 Å². The first kappa shape index (κ1) is 7.67. The van der Waals surface area contributed by atoms with E-state index in [1.54, 1.807) is 0 Å². The molecule has 0 aromatic rings. The first-order valence-electron chi connectivity index (χ1n) is 4.51. The second-order valence-corrected chi connectivity index (χ2v) is 3.81. The van der Waals surface area contributed by atoms with Gasteiger partial charge < -0.3 is 4.90 Å². The largest absolute Gasteiger partial charge is 0.339 e. The minimum Gasteiger partial charge on any atom is -0.339 e. The van der Waals surface area contributed by atoms with Crippen LogP contribution < -0.4 is 0 Å². The lowest BCUT2D eigenvalue weighted by Crippen LogP contribution is -2.41. The Morgan fingerprint density at radius 3 is 2.50 bits per heavy atom. The lowest BCUT2D eigenvalue weighted by Gasteiger charge is -2.38. The summed E-state index contributed by atoms with van der Waals surface area (Å²) in [6.07, 6.45) is 9.08. The molecule has 0 unspecified atom stereocenters. The third-order valence-electron chi connectivity index (χ3n) is 2.94. The number of hydrogen-bond acceptors (Lipinski definition) is 1. The fourth-order valence-electron chi connectivity index (χ4n) is 1.85. The SMILES string of the molecule is C#CCC1(C(=O)N2CC2)CCC1. The molecule has 1 aliphatic carbocycles. The van der Waals surface area contributed by atoms with Crippen molar-refractivity contribution >= 4 is 5.91 Å². The third kappa shape index (κ3) is 1.01. The fraction of sp³-hybridized carbons (Fsp3) is 0.700. The summed E-state index contributed by atoms with van der Waals surface area (Å²) >= 11 is 0. The molecule has 2 nitrogen and oxygen atoms in total. The molecule has 64 valence electrons. The van der Waals surface area contributed by atoms with Gasteiger partial charge in [0.15, 0.2) is 0 Å². The molecule has 0 aromatic carbocycles. The van der Waals surface area contributed by atoms with E-state index in [0.717, 1.165) is 25.9 Å². The molecule has 0 atom stereocenters. The highest BCUT2D eigenvalue weighted by Crippen LogP contribution is 2.46. The molecule has 0 bridgehead atoms. The Labute approximate surface area is 72.9 Å². The standard InChI is InChI=1S/C10H13NO/c1-2-4-10(5-3-6-10)9(12)11-7-8-11/h1H,3-8H2. The van der Waals surface area contributed by atoms with E-state index in [1.165, 1.54) is 6.42 Å². The van der Waals surface area contributed by atoms with Gasteiger partial charge in [0.2, 0.25) is 5.91 Å². The normalized spacial score (nSPS) is 24.1. The Bertz CT molecular complexity index is 243. The van der Waals surface area contributed by atoms with E-state index in [0.29, 0.717) is 12.3 Å². The van der Waals surface area contributed by atoms with Crippen molar-refractivity contribution in [3.63, 3.8) is 0 Å². The summed E-state index contributed by atoms with van der Waals surface area (Å²) in [6, 6.07) is 0. The maximum atomic E-state index is 11.7. The zero-order valence-corrected chi connectivity index (χ0v) is 7.18. The topological polar surface area (TPSA) is 20.1 Å². The van der Waals surface area contributed by atoms with E-state index >= 15 is 0 Å². The van der Waals surface area contributed by atoms with Crippen LogP contribution in [-0.4, -0.2) is 23.9 Å². The lowest BCUT2D eigenvalue weighted by molar-refractivity contribution is -0.140. The summed E-state index contributed by atoms with van der Waals surface area (Å²) in [4.78, 5) is 13.6. The van der Waals surface area contributed by atoms with Crippen LogP contribution in [0.25, 0.3) is 0 Å². The Kier molecular flexibility index (Phi) is 1.61. The van der Waals surface area contributed by atoms with Crippen LogP contribution in [0.15, 0.2) is 0 Å². The van der Waals surface area contributed by atoms with Crippen LogP contribution in [0.4, 0.5) is 0 Å². The second kappa shape index (κ2) is 2.52. The number of amides is 1. The Hall–Kier alpha value is -0.970. The van der Waals surface area contributed by atoms with Crippen LogP contribution >= 0.6 is 0 Å². The Balaban J connectivity index is 2.05. The first-order chi connectivity index (χ1) is 5.78. The van der Waals surface area contributed by atoms with Gasteiger partial charge in [-0.05, 0) is 12.8 Å². The number of carbonyl (C=O) groups is 1. The summed E-state index contributed by atoms with van der Waals surface area (Å²) in [5.74, 6) is 2.94. The van der Waals surface area contributed by atoms with E-state index in [4.69, 9.17) is 6.42 Å². The first-order valence-corrected chi connectivity index (χ1v) is 4.51. The molecule has 0 spiro atoms. The molecule has 0 aromatic heterocycles. The van der Waals surface area contributed by atoms with E-state index in [-0.39, 0.29) is 5.41 Å². The average molecular weight is 163 g/mol. The number of rotatable bonds is 2. The van der Waals surface area contributed by atoms with Crippen molar-refractivity contribution < 1.29 is 4.79 Å². The van der Waals surface area contributed by atoms with Crippen molar-refractivity contribution in [2.75, 3.05) is 13.1 Å². The lowest BCUT2D eigenvalue weighted by atomic mass is 9.66. The summed E-state index contributed by atoms with van der Waals surface area (Å²) in [6.45, 7) is 1.90. The fourth-order valence-corrected chi connectivity index (χ4v) is 1.85. The molecule has 1 saturated carbocycles. The predicted octanol–water partition coefficient (Wildman–Crippen LogP) is 1.02. The molecular weight excluding hydrogens is 150 g/mol. The second-order valence-electron chi connectivity index (χ2n) is 3.81. The maximum absolute atomic E-state index is 11.7. The van der Waals surface area contributed by atoms with E-state index < -0.39 is 0 Å². The molecule has 1 amide bonds. The van der Waals surface area contributed by atoms with Gasteiger partial charge in [-0.2, -0.15) is 0 Å². The van der Waals surface area contributed by atoms with Crippen LogP contribution in [0.5, 0.6) is 0 Å². The van der Waals surface area contributed by atoms with Gasteiger partial charge >= 0.3 is 0 Å². The summed E-state index contributed by atoms with van der Waals surface area (Å²) < 4.78 is 0. The Morgan fingerprint density at radius 2 is 2.17 bits per heavy atom. The Morgan fingerprint density at radius 1 is 1.50 bits per heavy atom. The number of hydrogen-bond donors (Lipinski definition) is 0. The minimum absolute atomic E-state index is 0.134. The van der Waals surface area contributed by atoms with Gasteiger partial charge in [0.25, 0.3) is 0 Å². The zero-order valence-electron chi connectivity index (χ0n) is 7.18. The molecule has 1 heterocycles. The molecule has 0 N–H and O–H groups in total. The van der Waals surface area contributed by atoms with Gasteiger partial charge in [0, 0.05) is 19.5 Å². The van der Waals surface area contributed by atoms with Crippen molar-refractivity contribution in [3.05, 3.63) is 0 Å². The van der Waals surface area contributed by atoms with Crippen molar-refractivity contribution in [1.29, 1.82) is 0 Å². The molecule has 2 rings (SSSR count). The van der Waals surface area contributed by atoms with Gasteiger partial charge in [-0.3, -0.25) is 4.79 Å². The van der Waals surface area contributed by atoms with Crippen LogP contribution in [-0.2, 0) is 4.79 Å². The van der Waals surface area contributed by atoms with E-state index in [1.807, 2.05) is 4.90 Å².